The molecule has 2 amide bonds. The van der Waals surface area contributed by atoms with Gasteiger partial charge in [0.05, 0.1) is 6.54 Å². The Labute approximate surface area is 119 Å². The number of benzene rings is 1. The van der Waals surface area contributed by atoms with Gasteiger partial charge in [-0.1, -0.05) is 11.8 Å². The first-order valence-corrected chi connectivity index (χ1v) is 7.09. The Morgan fingerprint density at radius 3 is 2.90 bits per heavy atom. The number of carbonyl (C=O) groups is 2. The van der Waals surface area contributed by atoms with Crippen LogP contribution in [0.5, 0.6) is 0 Å². The molecule has 5 nitrogen and oxygen atoms in total. The van der Waals surface area contributed by atoms with Crippen LogP contribution in [0.3, 0.4) is 0 Å². The highest BCUT2D eigenvalue weighted by Crippen LogP contribution is 2.29. The maximum Gasteiger partial charge on any atom is 0.238 e. The maximum atomic E-state index is 12.8. The van der Waals surface area contributed by atoms with Crippen molar-refractivity contribution in [2.24, 2.45) is 4.99 Å². The van der Waals surface area contributed by atoms with E-state index in [-0.39, 0.29) is 24.1 Å². The fourth-order valence-corrected chi connectivity index (χ4v) is 3.23. The molecule has 0 aromatic heterocycles. The van der Waals surface area contributed by atoms with Crippen LogP contribution in [0.15, 0.2) is 29.3 Å². The lowest BCUT2D eigenvalue weighted by molar-refractivity contribution is -0.129. The van der Waals surface area contributed by atoms with Crippen molar-refractivity contribution >= 4 is 34.4 Å². The number of thioether (sulfide) groups is 1. The first-order chi connectivity index (χ1) is 9.63. The Kier molecular flexibility index (Phi) is 3.43. The summed E-state index contributed by atoms with van der Waals surface area (Å²) in [5, 5.41) is 2.83. The summed E-state index contributed by atoms with van der Waals surface area (Å²) in [6.45, 7) is 1.20. The molecule has 0 unspecified atom stereocenters. The molecule has 3 rings (SSSR count). The van der Waals surface area contributed by atoms with Crippen molar-refractivity contribution < 1.29 is 14.0 Å². The summed E-state index contributed by atoms with van der Waals surface area (Å²) in [6.07, 6.45) is 0.163. The van der Waals surface area contributed by atoms with E-state index in [1.807, 2.05) is 0 Å². The quantitative estimate of drug-likeness (QED) is 0.898. The van der Waals surface area contributed by atoms with Crippen LogP contribution >= 0.6 is 11.8 Å². The molecule has 7 heteroatoms. The van der Waals surface area contributed by atoms with Gasteiger partial charge in [-0.05, 0) is 24.3 Å². The minimum atomic E-state index is -0.486. The van der Waals surface area contributed by atoms with Gasteiger partial charge in [-0.25, -0.2) is 4.39 Å². The molecule has 2 aliphatic rings. The highest BCUT2D eigenvalue weighted by atomic mass is 32.2. The summed E-state index contributed by atoms with van der Waals surface area (Å²) in [5.74, 6) is -0.690. The van der Waals surface area contributed by atoms with Gasteiger partial charge in [0.25, 0.3) is 0 Å². The van der Waals surface area contributed by atoms with Gasteiger partial charge in [-0.15, -0.1) is 0 Å². The summed E-state index contributed by atoms with van der Waals surface area (Å²) >= 11 is 1.31. The Hall–Kier alpha value is -1.89. The number of amides is 2. The lowest BCUT2D eigenvalue weighted by Gasteiger charge is -2.27. The van der Waals surface area contributed by atoms with Crippen molar-refractivity contribution in [3.05, 3.63) is 30.1 Å². The summed E-state index contributed by atoms with van der Waals surface area (Å²) in [6, 6.07) is 5.53. The minimum absolute atomic E-state index is 0.0701. The van der Waals surface area contributed by atoms with Gasteiger partial charge in [0.15, 0.2) is 5.17 Å². The maximum absolute atomic E-state index is 12.8. The van der Waals surface area contributed by atoms with Crippen LogP contribution in [0.2, 0.25) is 0 Å². The third-order valence-corrected chi connectivity index (χ3v) is 4.34. The lowest BCUT2D eigenvalue weighted by atomic mass is 10.2. The number of aliphatic imine (C=N–C) groups is 1. The minimum Gasteiger partial charge on any atom is -0.325 e. The van der Waals surface area contributed by atoms with Crippen molar-refractivity contribution in [2.75, 3.05) is 18.4 Å². The van der Waals surface area contributed by atoms with E-state index >= 15 is 0 Å². The Morgan fingerprint density at radius 2 is 2.15 bits per heavy atom. The molecule has 1 N–H and O–H groups in total. The predicted octanol–water partition coefficient (Wildman–Crippen LogP) is 1.47. The number of fused-ring (bicyclic) bond motifs is 1. The molecule has 2 heterocycles. The van der Waals surface area contributed by atoms with E-state index in [0.717, 1.165) is 0 Å². The summed E-state index contributed by atoms with van der Waals surface area (Å²) < 4.78 is 12.8. The fraction of sp³-hybridized carbons (Fsp3) is 0.308. The number of anilines is 1. The monoisotopic (exact) mass is 293 g/mol. The van der Waals surface area contributed by atoms with E-state index in [0.29, 0.717) is 23.9 Å². The van der Waals surface area contributed by atoms with Crippen LogP contribution in [0.1, 0.15) is 6.42 Å². The SMILES string of the molecule is O=C(Nc1ccc(F)cc1)[C@H]1CC(=O)N2CCN=C2S1. The average Bonchev–Trinajstić information content (AvgIpc) is 2.90. The summed E-state index contributed by atoms with van der Waals surface area (Å²) in [5.41, 5.74) is 0.514. The molecule has 2 aliphatic heterocycles. The van der Waals surface area contributed by atoms with E-state index in [1.54, 1.807) is 4.90 Å². The lowest BCUT2D eigenvalue weighted by Crippen LogP contribution is -2.43. The zero-order chi connectivity index (χ0) is 14.1. The molecule has 1 aromatic carbocycles. The van der Waals surface area contributed by atoms with Crippen LogP contribution in [0.4, 0.5) is 10.1 Å². The molecule has 1 saturated heterocycles. The number of amidine groups is 1. The van der Waals surface area contributed by atoms with Gasteiger partial charge in [0.2, 0.25) is 11.8 Å². The van der Waals surface area contributed by atoms with Gasteiger partial charge in [0.1, 0.15) is 11.1 Å². The summed E-state index contributed by atoms with van der Waals surface area (Å²) in [4.78, 5) is 29.9. The average molecular weight is 293 g/mol. The first kappa shape index (κ1) is 13.1. The van der Waals surface area contributed by atoms with E-state index in [1.165, 1.54) is 36.0 Å². The van der Waals surface area contributed by atoms with E-state index in [9.17, 15) is 14.0 Å². The molecule has 104 valence electrons. The number of rotatable bonds is 2. The predicted molar refractivity (Wildman–Crippen MR) is 75.0 cm³/mol. The van der Waals surface area contributed by atoms with E-state index < -0.39 is 5.25 Å². The van der Waals surface area contributed by atoms with Gasteiger partial charge in [-0.2, -0.15) is 0 Å². The molecule has 0 saturated carbocycles. The molecule has 1 aromatic rings. The molecule has 0 radical (unpaired) electrons. The van der Waals surface area contributed by atoms with Gasteiger partial charge >= 0.3 is 0 Å². The first-order valence-electron chi connectivity index (χ1n) is 6.21. The summed E-state index contributed by atoms with van der Waals surface area (Å²) in [7, 11) is 0. The van der Waals surface area contributed by atoms with Crippen LogP contribution in [0, 0.1) is 5.82 Å². The smallest absolute Gasteiger partial charge is 0.238 e. The van der Waals surface area contributed by atoms with Crippen molar-refractivity contribution in [3.63, 3.8) is 0 Å². The van der Waals surface area contributed by atoms with Gasteiger partial charge in [-0.3, -0.25) is 19.5 Å². The normalized spacial score (nSPS) is 21.4. The second kappa shape index (κ2) is 5.24. The van der Waals surface area contributed by atoms with Crippen LogP contribution in [-0.2, 0) is 9.59 Å². The largest absolute Gasteiger partial charge is 0.325 e. The number of carbonyl (C=O) groups excluding carboxylic acids is 2. The molecule has 20 heavy (non-hydrogen) atoms. The van der Waals surface area contributed by atoms with Gasteiger partial charge in [0, 0.05) is 18.7 Å². The molecule has 0 bridgehead atoms. The van der Waals surface area contributed by atoms with Crippen molar-refractivity contribution in [1.82, 2.24) is 4.90 Å². The standard InChI is InChI=1S/C13H12FN3O2S/c14-8-1-3-9(4-2-8)16-12(19)10-7-11(18)17-6-5-15-13(17)20-10/h1-4,10H,5-7H2,(H,16,19)/t10-/m1/s1. The number of nitrogens with zero attached hydrogens (tertiary/aromatic N) is 2. The Bertz CT molecular complexity index is 588. The number of nitrogens with one attached hydrogen (secondary N) is 1. The fourth-order valence-electron chi connectivity index (χ4n) is 2.10. The number of hydrogen-bond donors (Lipinski definition) is 1. The molecule has 0 aliphatic carbocycles. The van der Waals surface area contributed by atoms with Crippen LogP contribution < -0.4 is 5.32 Å². The van der Waals surface area contributed by atoms with E-state index in [2.05, 4.69) is 10.3 Å². The van der Waals surface area contributed by atoms with Gasteiger partial charge < -0.3 is 5.32 Å². The molecular weight excluding hydrogens is 281 g/mol. The highest BCUT2D eigenvalue weighted by molar-refractivity contribution is 8.15. The third kappa shape index (κ3) is 2.53. The van der Waals surface area contributed by atoms with Crippen molar-refractivity contribution in [2.45, 2.75) is 11.7 Å². The van der Waals surface area contributed by atoms with Crippen molar-refractivity contribution in [3.8, 4) is 0 Å². The third-order valence-electron chi connectivity index (χ3n) is 3.11. The van der Waals surface area contributed by atoms with Crippen LogP contribution in [-0.4, -0.2) is 40.2 Å². The molecule has 1 fully saturated rings. The zero-order valence-electron chi connectivity index (χ0n) is 10.5. The highest BCUT2D eigenvalue weighted by Gasteiger charge is 2.37. The Morgan fingerprint density at radius 1 is 1.40 bits per heavy atom. The van der Waals surface area contributed by atoms with Crippen molar-refractivity contribution in [1.29, 1.82) is 0 Å². The topological polar surface area (TPSA) is 61.8 Å². The van der Waals surface area contributed by atoms with E-state index in [4.69, 9.17) is 0 Å². The second-order valence-corrected chi connectivity index (χ2v) is 5.69. The zero-order valence-corrected chi connectivity index (χ0v) is 11.3. The number of halogens is 1. The molecule has 1 atom stereocenters. The molecular formula is C13H12FN3O2S. The van der Waals surface area contributed by atoms with Crippen LogP contribution in [0.25, 0.3) is 0 Å². The Balaban J connectivity index is 1.68. The number of hydrogen-bond acceptors (Lipinski definition) is 4. The molecule has 0 spiro atoms. The second-order valence-electron chi connectivity index (χ2n) is 4.52.